The van der Waals surface area contributed by atoms with Gasteiger partial charge in [-0.1, -0.05) is 42.5 Å². The van der Waals surface area contributed by atoms with E-state index in [0.29, 0.717) is 0 Å². The van der Waals surface area contributed by atoms with E-state index in [4.69, 9.17) is 0 Å². The second kappa shape index (κ2) is 8.05. The molecule has 2 aromatic carbocycles. The highest BCUT2D eigenvalue weighted by molar-refractivity contribution is 5.99. The van der Waals surface area contributed by atoms with Crippen molar-refractivity contribution >= 4 is 11.9 Å². The number of hydrogen-bond acceptors (Lipinski definition) is 3. The monoisotopic (exact) mass is 335 g/mol. The number of carboxylic acid groups (broad SMARTS) is 1. The van der Waals surface area contributed by atoms with Gasteiger partial charge >= 0.3 is 12.6 Å². The van der Waals surface area contributed by atoms with E-state index in [1.807, 2.05) is 0 Å². The van der Waals surface area contributed by atoms with Crippen LogP contribution < -0.4 is 10.1 Å². The highest BCUT2D eigenvalue weighted by atomic mass is 19.3. The molecule has 2 N–H and O–H groups in total. The molecule has 0 spiro atoms. The molecule has 0 aliphatic carbocycles. The fraction of sp³-hybridized carbons (Fsp3) is 0.176. The average molecular weight is 335 g/mol. The van der Waals surface area contributed by atoms with Crippen LogP contribution in [0.5, 0.6) is 5.75 Å². The van der Waals surface area contributed by atoms with Crippen LogP contribution in [0, 0.1) is 0 Å². The molecule has 1 atom stereocenters. The van der Waals surface area contributed by atoms with Gasteiger partial charge in [0.15, 0.2) is 0 Å². The Balaban J connectivity index is 2.15. The van der Waals surface area contributed by atoms with E-state index in [9.17, 15) is 23.5 Å². The van der Waals surface area contributed by atoms with E-state index < -0.39 is 24.5 Å². The van der Waals surface area contributed by atoms with Crippen molar-refractivity contribution in [3.8, 4) is 5.75 Å². The van der Waals surface area contributed by atoms with E-state index in [1.54, 1.807) is 30.3 Å². The summed E-state index contributed by atoms with van der Waals surface area (Å²) in [6.07, 6.45) is 0.0692. The third-order valence-electron chi connectivity index (χ3n) is 3.23. The number of benzene rings is 2. The summed E-state index contributed by atoms with van der Waals surface area (Å²) in [5.41, 5.74) is 0.569. The van der Waals surface area contributed by atoms with Gasteiger partial charge in [-0.05, 0) is 17.7 Å². The molecule has 0 aromatic heterocycles. The second-order valence-electron chi connectivity index (χ2n) is 4.93. The first kappa shape index (κ1) is 17.4. The van der Waals surface area contributed by atoms with Crippen LogP contribution in [-0.2, 0) is 11.2 Å². The maximum Gasteiger partial charge on any atom is 0.387 e. The number of nitrogens with one attached hydrogen (secondary N) is 1. The Morgan fingerprint density at radius 1 is 1.04 bits per heavy atom. The first-order chi connectivity index (χ1) is 11.5. The Morgan fingerprint density at radius 3 is 2.29 bits per heavy atom. The minimum Gasteiger partial charge on any atom is -0.480 e. The Bertz CT molecular complexity index is 707. The summed E-state index contributed by atoms with van der Waals surface area (Å²) >= 11 is 0. The molecular formula is C17H15F2NO4. The van der Waals surface area contributed by atoms with Gasteiger partial charge < -0.3 is 15.2 Å². The van der Waals surface area contributed by atoms with E-state index in [2.05, 4.69) is 10.1 Å². The summed E-state index contributed by atoms with van der Waals surface area (Å²) in [5, 5.41) is 11.6. The fourth-order valence-electron chi connectivity index (χ4n) is 2.14. The van der Waals surface area contributed by atoms with Gasteiger partial charge in [0.05, 0.1) is 5.56 Å². The van der Waals surface area contributed by atoms with Gasteiger partial charge in [-0.2, -0.15) is 8.78 Å². The van der Waals surface area contributed by atoms with E-state index in [1.165, 1.54) is 24.3 Å². The van der Waals surface area contributed by atoms with Crippen LogP contribution in [0.1, 0.15) is 15.9 Å². The largest absolute Gasteiger partial charge is 0.480 e. The molecular weight excluding hydrogens is 320 g/mol. The summed E-state index contributed by atoms with van der Waals surface area (Å²) in [6, 6.07) is 13.0. The van der Waals surface area contributed by atoms with Crippen LogP contribution in [0.15, 0.2) is 54.6 Å². The molecule has 0 heterocycles. The lowest BCUT2D eigenvalue weighted by atomic mass is 10.1. The lowest BCUT2D eigenvalue weighted by Gasteiger charge is -2.16. The molecule has 0 saturated heterocycles. The van der Waals surface area contributed by atoms with Gasteiger partial charge in [0, 0.05) is 6.42 Å². The van der Waals surface area contributed by atoms with Crippen molar-refractivity contribution in [2.45, 2.75) is 19.1 Å². The molecule has 126 valence electrons. The van der Waals surface area contributed by atoms with Crippen molar-refractivity contribution in [1.29, 1.82) is 0 Å². The molecule has 1 amide bonds. The first-order valence-electron chi connectivity index (χ1n) is 7.09. The molecule has 0 radical (unpaired) electrons. The molecule has 24 heavy (non-hydrogen) atoms. The molecule has 0 unspecified atom stereocenters. The number of halogens is 2. The molecule has 2 rings (SSSR count). The number of carbonyl (C=O) groups is 2. The fourth-order valence-corrected chi connectivity index (χ4v) is 2.14. The lowest BCUT2D eigenvalue weighted by Crippen LogP contribution is -2.42. The van der Waals surface area contributed by atoms with Gasteiger partial charge in [-0.3, -0.25) is 4.79 Å². The van der Waals surface area contributed by atoms with Crippen molar-refractivity contribution in [2.24, 2.45) is 0 Å². The summed E-state index contributed by atoms with van der Waals surface area (Å²) < 4.78 is 29.1. The minimum atomic E-state index is -3.08. The summed E-state index contributed by atoms with van der Waals surface area (Å²) in [7, 11) is 0. The smallest absolute Gasteiger partial charge is 0.387 e. The van der Waals surface area contributed by atoms with Crippen LogP contribution in [0.25, 0.3) is 0 Å². The third-order valence-corrected chi connectivity index (χ3v) is 3.23. The Hall–Kier alpha value is -2.96. The van der Waals surface area contributed by atoms with E-state index in [0.717, 1.165) is 5.56 Å². The Morgan fingerprint density at radius 2 is 1.67 bits per heavy atom. The SMILES string of the molecule is O=C(N[C@H](Cc1ccccc1)C(=O)O)c1ccccc1OC(F)F. The van der Waals surface area contributed by atoms with Gasteiger partial charge in [-0.25, -0.2) is 4.79 Å². The van der Waals surface area contributed by atoms with Crippen molar-refractivity contribution in [3.05, 3.63) is 65.7 Å². The van der Waals surface area contributed by atoms with Crippen molar-refractivity contribution < 1.29 is 28.2 Å². The van der Waals surface area contributed by atoms with Crippen LogP contribution in [0.3, 0.4) is 0 Å². The van der Waals surface area contributed by atoms with Crippen LogP contribution >= 0.6 is 0 Å². The number of carboxylic acids is 1. The van der Waals surface area contributed by atoms with Crippen molar-refractivity contribution in [3.63, 3.8) is 0 Å². The predicted octanol–water partition coefficient (Wildman–Crippen LogP) is 2.71. The topological polar surface area (TPSA) is 75.6 Å². The Kier molecular flexibility index (Phi) is 5.83. The van der Waals surface area contributed by atoms with Gasteiger partial charge in [-0.15, -0.1) is 0 Å². The zero-order valence-corrected chi connectivity index (χ0v) is 12.5. The van der Waals surface area contributed by atoms with Crippen LogP contribution in [0.4, 0.5) is 8.78 Å². The van der Waals surface area contributed by atoms with E-state index >= 15 is 0 Å². The zero-order valence-electron chi connectivity index (χ0n) is 12.5. The molecule has 5 nitrogen and oxygen atoms in total. The second-order valence-corrected chi connectivity index (χ2v) is 4.93. The summed E-state index contributed by atoms with van der Waals surface area (Å²) in [6.45, 7) is -3.08. The average Bonchev–Trinajstić information content (AvgIpc) is 2.55. The molecule has 7 heteroatoms. The molecule has 2 aromatic rings. The number of alkyl halides is 2. The maximum atomic E-state index is 12.4. The number of amides is 1. The van der Waals surface area contributed by atoms with E-state index in [-0.39, 0.29) is 17.7 Å². The summed E-state index contributed by atoms with van der Waals surface area (Å²) in [5.74, 6) is -2.33. The zero-order chi connectivity index (χ0) is 17.5. The highest BCUT2D eigenvalue weighted by Gasteiger charge is 2.23. The van der Waals surface area contributed by atoms with Crippen LogP contribution in [0.2, 0.25) is 0 Å². The minimum absolute atomic E-state index is 0.0692. The quantitative estimate of drug-likeness (QED) is 0.816. The normalized spacial score (nSPS) is 11.8. The first-order valence-corrected chi connectivity index (χ1v) is 7.09. The van der Waals surface area contributed by atoms with Crippen molar-refractivity contribution in [2.75, 3.05) is 0 Å². The number of ether oxygens (including phenoxy) is 1. The number of aliphatic carboxylic acids is 1. The van der Waals surface area contributed by atoms with Gasteiger partial charge in [0.2, 0.25) is 0 Å². The number of carbonyl (C=O) groups excluding carboxylic acids is 1. The number of hydrogen-bond donors (Lipinski definition) is 2. The maximum absolute atomic E-state index is 12.4. The number of para-hydroxylation sites is 1. The predicted molar refractivity (Wildman–Crippen MR) is 82.1 cm³/mol. The molecule has 0 aliphatic heterocycles. The van der Waals surface area contributed by atoms with Crippen molar-refractivity contribution in [1.82, 2.24) is 5.32 Å². The highest BCUT2D eigenvalue weighted by Crippen LogP contribution is 2.20. The lowest BCUT2D eigenvalue weighted by molar-refractivity contribution is -0.139. The van der Waals surface area contributed by atoms with Gasteiger partial charge in [0.25, 0.3) is 5.91 Å². The molecule has 0 fully saturated rings. The van der Waals surface area contributed by atoms with Gasteiger partial charge in [0.1, 0.15) is 11.8 Å². The molecule has 0 aliphatic rings. The number of rotatable bonds is 7. The standard InChI is InChI=1S/C17H15F2NO4/c18-17(19)24-14-9-5-4-8-12(14)15(21)20-13(16(22)23)10-11-6-2-1-3-7-11/h1-9,13,17H,10H2,(H,20,21)(H,22,23)/t13-/m1/s1. The molecule has 0 bridgehead atoms. The summed E-state index contributed by atoms with van der Waals surface area (Å²) in [4.78, 5) is 23.6. The van der Waals surface area contributed by atoms with Crippen LogP contribution in [-0.4, -0.2) is 29.6 Å². The Labute approximate surface area is 136 Å². The molecule has 0 saturated carbocycles. The third kappa shape index (κ3) is 4.77.